The Labute approximate surface area is 189 Å². The van der Waals surface area contributed by atoms with E-state index in [1.807, 2.05) is 74.2 Å². The molecule has 2 aromatic rings. The number of ketones is 1. The largest absolute Gasteiger partial charge is 0.353 e. The third kappa shape index (κ3) is 2.92. The van der Waals surface area contributed by atoms with Crippen molar-refractivity contribution in [2.24, 2.45) is 17.3 Å². The smallest absolute Gasteiger partial charge is 0.240 e. The van der Waals surface area contributed by atoms with Gasteiger partial charge in [-0.15, -0.1) is 0 Å². The highest BCUT2D eigenvalue weighted by atomic mass is 79.9. The fourth-order valence-corrected chi connectivity index (χ4v) is 5.37. The number of hydrogen-bond acceptors (Lipinski definition) is 4. The summed E-state index contributed by atoms with van der Waals surface area (Å²) < 4.78 is 0.870. The van der Waals surface area contributed by atoms with Crippen LogP contribution in [0.25, 0.3) is 6.08 Å². The van der Waals surface area contributed by atoms with Crippen LogP contribution in [0.4, 0.5) is 11.4 Å². The summed E-state index contributed by atoms with van der Waals surface area (Å²) >= 11 is 3.40. The lowest BCUT2D eigenvalue weighted by atomic mass is 9.79. The van der Waals surface area contributed by atoms with Crippen LogP contribution in [0.2, 0.25) is 0 Å². The zero-order valence-electron chi connectivity index (χ0n) is 17.6. The Morgan fingerprint density at radius 1 is 0.935 bits per heavy atom. The van der Waals surface area contributed by atoms with Gasteiger partial charge in [0.05, 0.1) is 23.6 Å². The van der Waals surface area contributed by atoms with Crippen molar-refractivity contribution in [3.05, 3.63) is 64.6 Å². The number of hydrogen-bond donors (Lipinski definition) is 0. The van der Waals surface area contributed by atoms with Crippen molar-refractivity contribution in [1.29, 1.82) is 0 Å². The van der Waals surface area contributed by atoms with Gasteiger partial charge in [0.25, 0.3) is 0 Å². The number of Topliss-reactive ketones (excluding diaryl/α,β-unsaturated/α-hetero) is 1. The van der Waals surface area contributed by atoms with E-state index in [0.717, 1.165) is 15.7 Å². The second-order valence-corrected chi connectivity index (χ2v) is 10.3. The van der Waals surface area contributed by atoms with Crippen molar-refractivity contribution in [3.8, 4) is 0 Å². The predicted octanol–water partition coefficient (Wildman–Crippen LogP) is 4.45. The van der Waals surface area contributed by atoms with Crippen LogP contribution in [0, 0.1) is 17.3 Å². The Morgan fingerprint density at radius 3 is 2.26 bits per heavy atom. The van der Waals surface area contributed by atoms with Gasteiger partial charge >= 0.3 is 0 Å². The van der Waals surface area contributed by atoms with Crippen molar-refractivity contribution in [2.45, 2.75) is 32.9 Å². The minimum atomic E-state index is -0.705. The lowest BCUT2D eigenvalue weighted by molar-refractivity contribution is -0.132. The molecule has 0 bridgehead atoms. The number of carbonyl (C=O) groups is 3. The van der Waals surface area contributed by atoms with E-state index in [0.29, 0.717) is 5.69 Å². The lowest BCUT2D eigenvalue weighted by Gasteiger charge is -2.38. The average molecular weight is 479 g/mol. The summed E-state index contributed by atoms with van der Waals surface area (Å²) in [6, 6.07) is 14.0. The van der Waals surface area contributed by atoms with E-state index in [-0.39, 0.29) is 23.6 Å². The van der Waals surface area contributed by atoms with E-state index >= 15 is 0 Å². The summed E-state index contributed by atoms with van der Waals surface area (Å²) in [5.41, 5.74) is 1.80. The highest BCUT2D eigenvalue weighted by molar-refractivity contribution is 9.10. The van der Waals surface area contributed by atoms with Crippen molar-refractivity contribution >= 4 is 51.0 Å². The molecule has 0 aromatic heterocycles. The van der Waals surface area contributed by atoms with E-state index in [4.69, 9.17) is 0 Å². The van der Waals surface area contributed by atoms with Gasteiger partial charge < -0.3 is 4.90 Å². The second-order valence-electron chi connectivity index (χ2n) is 9.41. The number of fused-ring (bicyclic) bond motifs is 5. The first kappa shape index (κ1) is 20.2. The molecule has 2 fully saturated rings. The van der Waals surface area contributed by atoms with Gasteiger partial charge in [0.15, 0.2) is 5.78 Å². The standard InChI is InChI=1S/C25H23BrN2O3/c1-25(2,3)22(29)21-20-19(18-13-8-14-6-4-5-7-17(14)28(18)21)23(30)27(24(20)31)16-11-9-15(26)10-12-16/h4-13,18-21H,1-3H3/t18-,19-,20-,21+/m1/s1. The number of nitrogens with zero attached hydrogens (tertiary/aromatic N) is 2. The molecule has 3 heterocycles. The molecule has 0 N–H and O–H groups in total. The van der Waals surface area contributed by atoms with E-state index in [9.17, 15) is 14.4 Å². The number of carbonyl (C=O) groups excluding carboxylic acids is 3. The maximum absolute atomic E-state index is 13.7. The van der Waals surface area contributed by atoms with Crippen LogP contribution in [-0.2, 0) is 14.4 Å². The Balaban J connectivity index is 1.65. The van der Waals surface area contributed by atoms with Crippen molar-refractivity contribution in [3.63, 3.8) is 0 Å². The summed E-state index contributed by atoms with van der Waals surface area (Å²) in [7, 11) is 0. The van der Waals surface area contributed by atoms with E-state index in [2.05, 4.69) is 15.9 Å². The van der Waals surface area contributed by atoms with Gasteiger partial charge in [-0.05, 0) is 35.9 Å². The Kier molecular flexibility index (Phi) is 4.49. The maximum Gasteiger partial charge on any atom is 0.240 e. The zero-order chi connectivity index (χ0) is 22.1. The van der Waals surface area contributed by atoms with Crippen LogP contribution in [0.15, 0.2) is 59.1 Å². The van der Waals surface area contributed by atoms with E-state index in [1.165, 1.54) is 4.90 Å². The molecule has 0 spiro atoms. The van der Waals surface area contributed by atoms with Gasteiger partial charge in [-0.1, -0.05) is 67.1 Å². The molecule has 3 aliphatic rings. The van der Waals surface area contributed by atoms with Gasteiger partial charge in [0.1, 0.15) is 6.04 Å². The first-order chi connectivity index (χ1) is 14.7. The minimum absolute atomic E-state index is 0.0195. The average Bonchev–Trinajstić information content (AvgIpc) is 3.21. The quantitative estimate of drug-likeness (QED) is 0.598. The van der Waals surface area contributed by atoms with Crippen molar-refractivity contribution in [1.82, 2.24) is 0 Å². The van der Waals surface area contributed by atoms with Gasteiger partial charge in [-0.25, -0.2) is 4.90 Å². The third-order valence-electron chi connectivity index (χ3n) is 6.51. The summed E-state index contributed by atoms with van der Waals surface area (Å²) in [6.45, 7) is 5.62. The molecule has 2 aromatic carbocycles. The fourth-order valence-electron chi connectivity index (χ4n) is 5.10. The lowest BCUT2D eigenvalue weighted by Crippen LogP contribution is -2.51. The van der Waals surface area contributed by atoms with Gasteiger partial charge in [0.2, 0.25) is 11.8 Å². The molecule has 3 aliphatic heterocycles. The molecule has 158 valence electrons. The van der Waals surface area contributed by atoms with Crippen LogP contribution in [-0.4, -0.2) is 29.7 Å². The molecule has 2 saturated heterocycles. The van der Waals surface area contributed by atoms with Gasteiger partial charge in [-0.3, -0.25) is 14.4 Å². The SMILES string of the molecule is CC(C)(C)C(=O)[C@@H]1[C@@H]2C(=O)N(c3ccc(Br)cc3)C(=O)[C@@H]2[C@H]2C=Cc3ccccc3N21. The summed E-state index contributed by atoms with van der Waals surface area (Å²) in [5, 5.41) is 0. The first-order valence-corrected chi connectivity index (χ1v) is 11.2. The molecule has 6 heteroatoms. The molecule has 0 saturated carbocycles. The number of rotatable bonds is 2. The third-order valence-corrected chi connectivity index (χ3v) is 7.04. The van der Waals surface area contributed by atoms with E-state index < -0.39 is 23.3 Å². The number of anilines is 2. The number of amides is 2. The van der Waals surface area contributed by atoms with Crippen LogP contribution < -0.4 is 9.80 Å². The summed E-state index contributed by atoms with van der Waals surface area (Å²) in [6.07, 6.45) is 3.98. The number of imide groups is 1. The molecular weight excluding hydrogens is 456 g/mol. The Bertz CT molecular complexity index is 1130. The summed E-state index contributed by atoms with van der Waals surface area (Å²) in [4.78, 5) is 44.2. The van der Waals surface area contributed by atoms with E-state index in [1.54, 1.807) is 12.1 Å². The molecule has 0 radical (unpaired) electrons. The number of para-hydroxylation sites is 1. The zero-order valence-corrected chi connectivity index (χ0v) is 19.2. The minimum Gasteiger partial charge on any atom is -0.353 e. The van der Waals surface area contributed by atoms with Gasteiger partial charge in [0, 0.05) is 15.6 Å². The van der Waals surface area contributed by atoms with Crippen LogP contribution >= 0.6 is 15.9 Å². The number of benzene rings is 2. The molecule has 2 amide bonds. The van der Waals surface area contributed by atoms with Crippen molar-refractivity contribution < 1.29 is 14.4 Å². The maximum atomic E-state index is 13.7. The first-order valence-electron chi connectivity index (χ1n) is 10.4. The highest BCUT2D eigenvalue weighted by Crippen LogP contribution is 2.50. The molecule has 0 unspecified atom stereocenters. The molecule has 0 aliphatic carbocycles. The molecule has 4 atom stereocenters. The highest BCUT2D eigenvalue weighted by Gasteiger charge is 2.64. The van der Waals surface area contributed by atoms with Crippen LogP contribution in [0.3, 0.4) is 0 Å². The normalized spacial score (nSPS) is 26.7. The monoisotopic (exact) mass is 478 g/mol. The van der Waals surface area contributed by atoms with Crippen LogP contribution in [0.1, 0.15) is 26.3 Å². The Hall–Kier alpha value is -2.73. The fraction of sp³-hybridized carbons (Fsp3) is 0.320. The predicted molar refractivity (Wildman–Crippen MR) is 124 cm³/mol. The van der Waals surface area contributed by atoms with Crippen LogP contribution in [0.5, 0.6) is 0 Å². The molecule has 5 nitrogen and oxygen atoms in total. The number of halogens is 1. The topological polar surface area (TPSA) is 57.7 Å². The molecular formula is C25H23BrN2O3. The Morgan fingerprint density at radius 2 is 1.58 bits per heavy atom. The van der Waals surface area contributed by atoms with Gasteiger partial charge in [-0.2, -0.15) is 0 Å². The molecule has 5 rings (SSSR count). The molecule has 31 heavy (non-hydrogen) atoms. The second kappa shape index (κ2) is 6.89. The summed E-state index contributed by atoms with van der Waals surface area (Å²) in [5.74, 6) is -1.84. The van der Waals surface area contributed by atoms with Crippen molar-refractivity contribution in [2.75, 3.05) is 9.80 Å².